The van der Waals surface area contributed by atoms with E-state index in [1.165, 1.54) is 5.56 Å². The van der Waals surface area contributed by atoms with Crippen LogP contribution in [0.25, 0.3) is 0 Å². The van der Waals surface area contributed by atoms with Crippen LogP contribution in [0.2, 0.25) is 0 Å². The zero-order valence-corrected chi connectivity index (χ0v) is 14.0. The third kappa shape index (κ3) is 4.55. The fourth-order valence-corrected chi connectivity index (χ4v) is 3.03. The van der Waals surface area contributed by atoms with Gasteiger partial charge in [-0.2, -0.15) is 5.10 Å². The van der Waals surface area contributed by atoms with Gasteiger partial charge in [0.2, 0.25) is 0 Å². The normalized spacial score (nSPS) is 16.8. The van der Waals surface area contributed by atoms with Crippen molar-refractivity contribution >= 4 is 0 Å². The Labute approximate surface area is 138 Å². The van der Waals surface area contributed by atoms with E-state index in [0.717, 1.165) is 50.7 Å². The molecule has 0 saturated carbocycles. The van der Waals surface area contributed by atoms with Crippen LogP contribution in [0.4, 0.5) is 0 Å². The summed E-state index contributed by atoms with van der Waals surface area (Å²) in [6.45, 7) is 8.30. The summed E-state index contributed by atoms with van der Waals surface area (Å²) in [5.41, 5.74) is 1.32. The van der Waals surface area contributed by atoms with Gasteiger partial charge in [-0.3, -0.25) is 10.00 Å². The molecule has 1 saturated heterocycles. The van der Waals surface area contributed by atoms with E-state index in [-0.39, 0.29) is 0 Å². The number of piperidine rings is 1. The fraction of sp³-hybridized carbons (Fsp3) is 0.556. The Bertz CT molecular complexity index is 589. The number of nitrogens with zero attached hydrogens (tertiary/aromatic N) is 3. The van der Waals surface area contributed by atoms with Gasteiger partial charge in [0, 0.05) is 12.5 Å². The van der Waals surface area contributed by atoms with Gasteiger partial charge >= 0.3 is 0 Å². The molecule has 1 fully saturated rings. The predicted molar refractivity (Wildman–Crippen MR) is 90.4 cm³/mol. The summed E-state index contributed by atoms with van der Waals surface area (Å²) in [6.07, 6.45) is 3.88. The fourth-order valence-electron chi connectivity index (χ4n) is 3.03. The highest BCUT2D eigenvalue weighted by molar-refractivity contribution is 5.28. The topological polar surface area (TPSA) is 54.0 Å². The van der Waals surface area contributed by atoms with E-state index in [4.69, 9.17) is 4.74 Å². The van der Waals surface area contributed by atoms with Crippen molar-refractivity contribution in [2.45, 2.75) is 39.2 Å². The van der Waals surface area contributed by atoms with Crippen LogP contribution in [0, 0.1) is 5.92 Å². The average molecular weight is 314 g/mol. The first-order valence-corrected chi connectivity index (χ1v) is 8.50. The van der Waals surface area contributed by atoms with Crippen LogP contribution < -0.4 is 4.74 Å². The molecule has 5 nitrogen and oxygen atoms in total. The minimum absolute atomic E-state index is 0.523. The standard InChI is InChI=1S/C18H26N4O/c1-14(2)12-23-17-5-3-4-15(10-17)11-22-8-6-16(7-9-22)18-19-13-20-21-18/h3-5,10,13-14,16H,6-9,11-12H2,1-2H3,(H,19,20,21). The highest BCUT2D eigenvalue weighted by atomic mass is 16.5. The number of hydrogen-bond acceptors (Lipinski definition) is 4. The summed E-state index contributed by atoms with van der Waals surface area (Å²) in [6, 6.07) is 8.49. The van der Waals surface area contributed by atoms with Crippen LogP contribution in [0.3, 0.4) is 0 Å². The van der Waals surface area contributed by atoms with E-state index in [0.29, 0.717) is 11.8 Å². The Hall–Kier alpha value is -1.88. The molecule has 124 valence electrons. The Morgan fingerprint density at radius 3 is 2.83 bits per heavy atom. The van der Waals surface area contributed by atoms with Gasteiger partial charge in [-0.25, -0.2) is 4.98 Å². The molecule has 1 aromatic carbocycles. The first-order chi connectivity index (χ1) is 11.2. The molecule has 1 aromatic heterocycles. The third-order valence-electron chi connectivity index (χ3n) is 4.30. The minimum atomic E-state index is 0.523. The molecule has 0 aliphatic carbocycles. The summed E-state index contributed by atoms with van der Waals surface area (Å²) in [5, 5.41) is 6.97. The zero-order valence-electron chi connectivity index (χ0n) is 14.0. The summed E-state index contributed by atoms with van der Waals surface area (Å²) in [7, 11) is 0. The van der Waals surface area contributed by atoms with Gasteiger partial charge in [-0.1, -0.05) is 26.0 Å². The van der Waals surface area contributed by atoms with E-state index >= 15 is 0 Å². The van der Waals surface area contributed by atoms with Crippen molar-refractivity contribution in [3.05, 3.63) is 42.0 Å². The molecule has 3 rings (SSSR count). The molecule has 0 spiro atoms. The van der Waals surface area contributed by atoms with Crippen LogP contribution in [0.1, 0.15) is 44.0 Å². The second-order valence-electron chi connectivity index (χ2n) is 6.77. The van der Waals surface area contributed by atoms with Crippen LogP contribution >= 0.6 is 0 Å². The number of likely N-dealkylation sites (tertiary alicyclic amines) is 1. The predicted octanol–water partition coefficient (Wildman–Crippen LogP) is 3.22. The lowest BCUT2D eigenvalue weighted by Crippen LogP contribution is -2.32. The van der Waals surface area contributed by atoms with E-state index in [9.17, 15) is 0 Å². The molecule has 0 amide bonds. The van der Waals surface area contributed by atoms with Crippen molar-refractivity contribution < 1.29 is 4.74 Å². The lowest BCUT2D eigenvalue weighted by atomic mass is 9.96. The molecule has 0 atom stereocenters. The maximum absolute atomic E-state index is 5.83. The molecular weight excluding hydrogens is 288 g/mol. The smallest absolute Gasteiger partial charge is 0.137 e. The lowest BCUT2D eigenvalue weighted by Gasteiger charge is -2.31. The molecule has 5 heteroatoms. The van der Waals surface area contributed by atoms with Gasteiger partial charge in [-0.15, -0.1) is 0 Å². The number of benzene rings is 1. The molecule has 0 unspecified atom stereocenters. The highest BCUT2D eigenvalue weighted by Gasteiger charge is 2.22. The van der Waals surface area contributed by atoms with Gasteiger partial charge in [0.25, 0.3) is 0 Å². The van der Waals surface area contributed by atoms with Crippen LogP contribution in [0.5, 0.6) is 5.75 Å². The van der Waals surface area contributed by atoms with Gasteiger partial charge in [0.15, 0.2) is 0 Å². The van der Waals surface area contributed by atoms with Gasteiger partial charge in [0.1, 0.15) is 17.9 Å². The first-order valence-electron chi connectivity index (χ1n) is 8.50. The third-order valence-corrected chi connectivity index (χ3v) is 4.30. The number of aromatic nitrogens is 3. The summed E-state index contributed by atoms with van der Waals surface area (Å²) >= 11 is 0. The second-order valence-corrected chi connectivity index (χ2v) is 6.77. The number of H-pyrrole nitrogens is 1. The van der Waals surface area contributed by atoms with Crippen LogP contribution in [-0.4, -0.2) is 39.8 Å². The van der Waals surface area contributed by atoms with Gasteiger partial charge in [-0.05, 0) is 49.5 Å². The molecule has 23 heavy (non-hydrogen) atoms. The maximum atomic E-state index is 5.83. The number of rotatable bonds is 6. The SMILES string of the molecule is CC(C)COc1cccc(CN2CCC(c3ncn[nH]3)CC2)c1. The van der Waals surface area contributed by atoms with Gasteiger partial charge in [0.05, 0.1) is 6.61 Å². The van der Waals surface area contributed by atoms with Gasteiger partial charge < -0.3 is 4.74 Å². The molecular formula is C18H26N4O. The zero-order chi connectivity index (χ0) is 16.1. The Balaban J connectivity index is 1.51. The quantitative estimate of drug-likeness (QED) is 0.889. The van der Waals surface area contributed by atoms with Crippen molar-refractivity contribution in [2.24, 2.45) is 5.92 Å². The summed E-state index contributed by atoms with van der Waals surface area (Å²) < 4.78 is 5.83. The van der Waals surface area contributed by atoms with Crippen molar-refractivity contribution in [1.29, 1.82) is 0 Å². The molecule has 2 heterocycles. The average Bonchev–Trinajstić information content (AvgIpc) is 3.08. The molecule has 0 bridgehead atoms. The summed E-state index contributed by atoms with van der Waals surface area (Å²) in [5.74, 6) is 3.09. The lowest BCUT2D eigenvalue weighted by molar-refractivity contribution is 0.201. The van der Waals surface area contributed by atoms with Crippen molar-refractivity contribution in [3.8, 4) is 5.75 Å². The molecule has 1 aliphatic heterocycles. The first kappa shape index (κ1) is 16.0. The highest BCUT2D eigenvalue weighted by Crippen LogP contribution is 2.26. The summed E-state index contributed by atoms with van der Waals surface area (Å²) in [4.78, 5) is 6.80. The largest absolute Gasteiger partial charge is 0.493 e. The monoisotopic (exact) mass is 314 g/mol. The van der Waals surface area contributed by atoms with E-state index < -0.39 is 0 Å². The number of nitrogens with one attached hydrogen (secondary N) is 1. The maximum Gasteiger partial charge on any atom is 0.137 e. The van der Waals surface area contributed by atoms with Crippen molar-refractivity contribution in [3.63, 3.8) is 0 Å². The van der Waals surface area contributed by atoms with Crippen molar-refractivity contribution in [2.75, 3.05) is 19.7 Å². The Kier molecular flexibility index (Phi) is 5.28. The Morgan fingerprint density at radius 2 is 2.13 bits per heavy atom. The second kappa shape index (κ2) is 7.59. The number of ether oxygens (including phenoxy) is 1. The molecule has 2 aromatic rings. The van der Waals surface area contributed by atoms with Crippen molar-refractivity contribution in [1.82, 2.24) is 20.1 Å². The van der Waals surface area contributed by atoms with E-state index in [2.05, 4.69) is 52.1 Å². The molecule has 1 N–H and O–H groups in total. The molecule has 1 aliphatic rings. The number of hydrogen-bond donors (Lipinski definition) is 1. The van der Waals surface area contributed by atoms with Crippen LogP contribution in [0.15, 0.2) is 30.6 Å². The Morgan fingerprint density at radius 1 is 1.30 bits per heavy atom. The van der Waals surface area contributed by atoms with E-state index in [1.807, 2.05) is 6.07 Å². The molecule has 0 radical (unpaired) electrons. The minimum Gasteiger partial charge on any atom is -0.493 e. The van der Waals surface area contributed by atoms with E-state index in [1.54, 1.807) is 6.33 Å². The number of aromatic amines is 1. The van der Waals surface area contributed by atoms with Crippen LogP contribution in [-0.2, 0) is 6.54 Å².